The Morgan fingerprint density at radius 3 is 2.27 bits per heavy atom. The maximum Gasteiger partial charge on any atom is 0.309 e. The fourth-order valence-corrected chi connectivity index (χ4v) is 4.81. The first-order valence-electron chi connectivity index (χ1n) is 14.3. The van der Waals surface area contributed by atoms with Crippen LogP contribution in [0.25, 0.3) is 0 Å². The number of hydrogen-bond donors (Lipinski definition) is 3. The predicted molar refractivity (Wildman–Crippen MR) is 156 cm³/mol. The summed E-state index contributed by atoms with van der Waals surface area (Å²) in [6, 6.07) is 18.7. The summed E-state index contributed by atoms with van der Waals surface area (Å²) in [4.78, 5) is 39.5. The van der Waals surface area contributed by atoms with Gasteiger partial charge in [-0.1, -0.05) is 93.6 Å². The molecule has 0 radical (unpaired) electrons. The Morgan fingerprint density at radius 2 is 1.65 bits per heavy atom. The maximum absolute atomic E-state index is 13.4. The second kappa shape index (κ2) is 15.4. The summed E-state index contributed by atoms with van der Waals surface area (Å²) in [5.41, 5.74) is 1.72. The van der Waals surface area contributed by atoms with E-state index in [0.29, 0.717) is 32.1 Å². The molecule has 0 spiro atoms. The number of esters is 1. The molecule has 0 bridgehead atoms. The Morgan fingerprint density at radius 1 is 1.00 bits per heavy atom. The highest BCUT2D eigenvalue weighted by molar-refractivity contribution is 5.86. The second-order valence-electron chi connectivity index (χ2n) is 11.8. The van der Waals surface area contributed by atoms with Crippen LogP contribution in [0.15, 0.2) is 72.8 Å². The molecule has 0 saturated heterocycles. The SMILES string of the molecule is CC(C)(C)[C@H]1COC(=O)[C@@H](Cc2ccccc2)CCC=CC[C@H](CC(=O)N[C@H](CO)Cc2ccccc2)C(=O)N1. The first-order chi connectivity index (χ1) is 19.2. The normalized spacial score (nSPS) is 21.6. The third-order valence-electron chi connectivity index (χ3n) is 7.39. The Balaban J connectivity index is 1.71. The summed E-state index contributed by atoms with van der Waals surface area (Å²) in [6.07, 6.45) is 6.70. The highest BCUT2D eigenvalue weighted by Crippen LogP contribution is 2.24. The van der Waals surface area contributed by atoms with Gasteiger partial charge in [0.25, 0.3) is 0 Å². The number of amides is 2. The zero-order chi connectivity index (χ0) is 29.0. The van der Waals surface area contributed by atoms with E-state index in [0.717, 1.165) is 11.1 Å². The van der Waals surface area contributed by atoms with Crippen molar-refractivity contribution in [3.05, 3.63) is 83.9 Å². The van der Waals surface area contributed by atoms with Gasteiger partial charge < -0.3 is 20.5 Å². The van der Waals surface area contributed by atoms with Gasteiger partial charge in [0.1, 0.15) is 6.61 Å². The van der Waals surface area contributed by atoms with Gasteiger partial charge in [0.05, 0.1) is 30.5 Å². The molecule has 1 aliphatic rings. The van der Waals surface area contributed by atoms with Gasteiger partial charge in [0.15, 0.2) is 0 Å². The van der Waals surface area contributed by atoms with Crippen LogP contribution in [-0.4, -0.2) is 48.2 Å². The minimum atomic E-state index is -0.589. The maximum atomic E-state index is 13.4. The largest absolute Gasteiger partial charge is 0.463 e. The number of carbonyl (C=O) groups is 3. The van der Waals surface area contributed by atoms with Crippen molar-refractivity contribution in [2.45, 2.75) is 71.4 Å². The molecule has 1 heterocycles. The molecule has 216 valence electrons. The van der Waals surface area contributed by atoms with Gasteiger partial charge >= 0.3 is 5.97 Å². The number of rotatable bonds is 8. The van der Waals surface area contributed by atoms with Gasteiger partial charge in [-0.15, -0.1) is 0 Å². The Hall–Kier alpha value is -3.45. The summed E-state index contributed by atoms with van der Waals surface area (Å²) in [5.74, 6) is -1.67. The van der Waals surface area contributed by atoms with E-state index in [1.807, 2.05) is 93.6 Å². The topological polar surface area (TPSA) is 105 Å². The lowest BCUT2D eigenvalue weighted by atomic mass is 9.86. The fourth-order valence-electron chi connectivity index (χ4n) is 4.81. The molecular weight excluding hydrogens is 504 g/mol. The van der Waals surface area contributed by atoms with Crippen molar-refractivity contribution in [1.29, 1.82) is 0 Å². The second-order valence-corrected chi connectivity index (χ2v) is 11.8. The zero-order valence-corrected chi connectivity index (χ0v) is 24.0. The summed E-state index contributed by atoms with van der Waals surface area (Å²) >= 11 is 0. The van der Waals surface area contributed by atoms with Gasteiger partial charge in [0, 0.05) is 6.42 Å². The monoisotopic (exact) mass is 548 g/mol. The van der Waals surface area contributed by atoms with Crippen LogP contribution in [0.2, 0.25) is 0 Å². The molecule has 0 unspecified atom stereocenters. The smallest absolute Gasteiger partial charge is 0.309 e. The van der Waals surface area contributed by atoms with Crippen molar-refractivity contribution in [2.24, 2.45) is 17.3 Å². The average Bonchev–Trinajstić information content (AvgIpc) is 2.94. The molecule has 0 aromatic heterocycles. The van der Waals surface area contributed by atoms with Crippen molar-refractivity contribution in [3.63, 3.8) is 0 Å². The number of allylic oxidation sites excluding steroid dienone is 2. The van der Waals surface area contributed by atoms with E-state index in [-0.39, 0.29) is 48.8 Å². The van der Waals surface area contributed by atoms with Crippen molar-refractivity contribution >= 4 is 17.8 Å². The van der Waals surface area contributed by atoms with E-state index in [2.05, 4.69) is 10.6 Å². The van der Waals surface area contributed by atoms with Crippen molar-refractivity contribution < 1.29 is 24.2 Å². The van der Waals surface area contributed by atoms with Crippen LogP contribution < -0.4 is 10.6 Å². The van der Waals surface area contributed by atoms with Gasteiger partial charge in [-0.3, -0.25) is 14.4 Å². The molecule has 7 nitrogen and oxygen atoms in total. The highest BCUT2D eigenvalue weighted by Gasteiger charge is 2.32. The lowest BCUT2D eigenvalue weighted by molar-refractivity contribution is -0.151. The molecule has 40 heavy (non-hydrogen) atoms. The quantitative estimate of drug-likeness (QED) is 0.335. The van der Waals surface area contributed by atoms with Crippen LogP contribution in [0, 0.1) is 17.3 Å². The summed E-state index contributed by atoms with van der Waals surface area (Å²) < 4.78 is 5.78. The van der Waals surface area contributed by atoms with Crippen molar-refractivity contribution in [3.8, 4) is 0 Å². The van der Waals surface area contributed by atoms with Crippen molar-refractivity contribution in [1.82, 2.24) is 10.6 Å². The first-order valence-corrected chi connectivity index (χ1v) is 14.3. The summed E-state index contributed by atoms with van der Waals surface area (Å²) in [5, 5.41) is 15.8. The van der Waals surface area contributed by atoms with Crippen LogP contribution in [0.3, 0.4) is 0 Å². The Kier molecular flexibility index (Phi) is 11.9. The molecule has 0 fully saturated rings. The molecule has 0 saturated carbocycles. The van der Waals surface area contributed by atoms with Crippen LogP contribution >= 0.6 is 0 Å². The first kappa shape index (κ1) is 31.1. The van der Waals surface area contributed by atoms with E-state index in [1.54, 1.807) is 0 Å². The molecule has 2 aromatic carbocycles. The van der Waals surface area contributed by atoms with Crippen LogP contribution in [0.4, 0.5) is 0 Å². The van der Waals surface area contributed by atoms with E-state index < -0.39 is 18.0 Å². The van der Waals surface area contributed by atoms with Gasteiger partial charge in [0.2, 0.25) is 11.8 Å². The van der Waals surface area contributed by atoms with Gasteiger partial charge in [-0.2, -0.15) is 0 Å². The van der Waals surface area contributed by atoms with Crippen LogP contribution in [0.1, 0.15) is 57.6 Å². The number of carbonyl (C=O) groups excluding carboxylic acids is 3. The number of aliphatic hydroxyl groups is 1. The number of hydrogen-bond acceptors (Lipinski definition) is 5. The predicted octanol–water partition coefficient (Wildman–Crippen LogP) is 4.39. The average molecular weight is 549 g/mol. The molecule has 1 aliphatic heterocycles. The number of ether oxygens (including phenoxy) is 1. The van der Waals surface area contributed by atoms with Crippen molar-refractivity contribution in [2.75, 3.05) is 13.2 Å². The lowest BCUT2D eigenvalue weighted by Gasteiger charge is -2.32. The number of cyclic esters (lactones) is 1. The molecule has 0 aliphatic carbocycles. The van der Waals surface area contributed by atoms with Crippen LogP contribution in [0.5, 0.6) is 0 Å². The Bertz CT molecular complexity index is 1110. The van der Waals surface area contributed by atoms with Crippen LogP contribution in [-0.2, 0) is 32.0 Å². The molecule has 2 amide bonds. The molecule has 4 atom stereocenters. The number of benzene rings is 2. The fraction of sp³-hybridized carbons (Fsp3) is 0.485. The minimum absolute atomic E-state index is 0.00521. The zero-order valence-electron chi connectivity index (χ0n) is 24.0. The van der Waals surface area contributed by atoms with Gasteiger partial charge in [-0.05, 0) is 48.6 Å². The lowest BCUT2D eigenvalue weighted by Crippen LogP contribution is -2.50. The molecule has 2 aromatic rings. The molecule has 3 N–H and O–H groups in total. The minimum Gasteiger partial charge on any atom is -0.463 e. The summed E-state index contributed by atoms with van der Waals surface area (Å²) in [6.45, 7) is 5.83. The molecular formula is C33H44N2O5. The van der Waals surface area contributed by atoms with E-state index in [1.165, 1.54) is 0 Å². The van der Waals surface area contributed by atoms with E-state index in [9.17, 15) is 19.5 Å². The summed E-state index contributed by atoms with van der Waals surface area (Å²) in [7, 11) is 0. The third-order valence-corrected chi connectivity index (χ3v) is 7.39. The number of aliphatic hydroxyl groups excluding tert-OH is 1. The molecule has 3 rings (SSSR count). The van der Waals surface area contributed by atoms with E-state index >= 15 is 0 Å². The standard InChI is InChI=1S/C33H44N2O5/c1-33(2,3)29-23-40-32(39)27(19-24-13-7-4-8-14-24)18-12-6-11-17-26(31(38)35-29)21-30(37)34-28(22-36)20-25-15-9-5-10-16-25/h4-11,13-16,26-29,36H,12,17-23H2,1-3H3,(H,34,37)(H,35,38)/t26-,27-,28+,29-/m1/s1. The van der Waals surface area contributed by atoms with Gasteiger partial charge in [-0.25, -0.2) is 0 Å². The highest BCUT2D eigenvalue weighted by atomic mass is 16.5. The third kappa shape index (κ3) is 10.3. The van der Waals surface area contributed by atoms with E-state index in [4.69, 9.17) is 4.74 Å². The molecule has 7 heteroatoms. The Labute approximate surface area is 238 Å². The number of nitrogens with one attached hydrogen (secondary N) is 2.